The molecule has 0 aromatic rings. The molecule has 1 rings (SSSR count). The molecule has 0 unspecified atom stereocenters. The molecule has 1 heterocycles. The maximum Gasteiger partial charge on any atom is 0.158 e. The van der Waals surface area contributed by atoms with Gasteiger partial charge >= 0.3 is 0 Å². The van der Waals surface area contributed by atoms with Gasteiger partial charge in [0.15, 0.2) is 6.29 Å². The van der Waals surface area contributed by atoms with Gasteiger partial charge in [-0.25, -0.2) is 0 Å². The van der Waals surface area contributed by atoms with E-state index < -0.39 is 6.29 Å². The Morgan fingerprint density at radius 1 is 1.78 bits per heavy atom. The number of aliphatic hydroxyl groups is 1. The molecule has 50 valence electrons. The smallest absolute Gasteiger partial charge is 0.158 e. The van der Waals surface area contributed by atoms with Gasteiger partial charge in [-0.1, -0.05) is 0 Å². The molecule has 0 amide bonds. The largest absolute Gasteiger partial charge is 0.368 e. The minimum absolute atomic E-state index is 0.176. The minimum Gasteiger partial charge on any atom is -0.368 e. The van der Waals surface area contributed by atoms with E-state index in [1.807, 2.05) is 0 Å². The van der Waals surface area contributed by atoms with Crippen molar-refractivity contribution in [3.8, 4) is 12.3 Å². The molecule has 1 saturated heterocycles. The number of rotatable bonds is 1. The SMILES string of the molecule is C#CC[C@H]1CCO[C@H]1O. The fraction of sp³-hybridized carbons (Fsp3) is 0.714. The third-order valence-corrected chi connectivity index (χ3v) is 1.56. The lowest BCUT2D eigenvalue weighted by Crippen LogP contribution is -2.13. The van der Waals surface area contributed by atoms with Crippen molar-refractivity contribution in [2.75, 3.05) is 6.61 Å². The summed E-state index contributed by atoms with van der Waals surface area (Å²) < 4.78 is 4.88. The molecule has 2 nitrogen and oxygen atoms in total. The van der Waals surface area contributed by atoms with Crippen molar-refractivity contribution in [3.63, 3.8) is 0 Å². The number of terminal acetylenes is 1. The Balaban J connectivity index is 2.33. The van der Waals surface area contributed by atoms with Crippen LogP contribution in [0, 0.1) is 18.3 Å². The molecule has 1 aliphatic heterocycles. The average molecular weight is 126 g/mol. The highest BCUT2D eigenvalue weighted by Gasteiger charge is 2.24. The third kappa shape index (κ3) is 1.44. The Hall–Kier alpha value is -0.520. The van der Waals surface area contributed by atoms with Crippen LogP contribution in [-0.4, -0.2) is 18.0 Å². The van der Waals surface area contributed by atoms with Crippen LogP contribution in [0.25, 0.3) is 0 Å². The van der Waals surface area contributed by atoms with Gasteiger partial charge in [0.1, 0.15) is 0 Å². The lowest BCUT2D eigenvalue weighted by molar-refractivity contribution is -0.0810. The Morgan fingerprint density at radius 2 is 2.56 bits per heavy atom. The quantitative estimate of drug-likeness (QED) is 0.514. The standard InChI is InChI=1S/C7H10O2/c1-2-3-6-4-5-9-7(6)8/h1,6-8H,3-5H2/t6-,7+/m0/s1. The fourth-order valence-electron chi connectivity index (χ4n) is 0.973. The van der Waals surface area contributed by atoms with Crippen molar-refractivity contribution in [3.05, 3.63) is 0 Å². The van der Waals surface area contributed by atoms with E-state index in [9.17, 15) is 0 Å². The molecule has 9 heavy (non-hydrogen) atoms. The zero-order valence-corrected chi connectivity index (χ0v) is 5.21. The number of hydrogen-bond donors (Lipinski definition) is 1. The van der Waals surface area contributed by atoms with Crippen LogP contribution in [0.2, 0.25) is 0 Å². The second-order valence-electron chi connectivity index (χ2n) is 2.22. The van der Waals surface area contributed by atoms with E-state index in [4.69, 9.17) is 16.3 Å². The average Bonchev–Trinajstić information content (AvgIpc) is 2.18. The first-order chi connectivity index (χ1) is 4.34. The van der Waals surface area contributed by atoms with E-state index in [1.54, 1.807) is 0 Å². The second-order valence-corrected chi connectivity index (χ2v) is 2.22. The molecule has 2 heteroatoms. The van der Waals surface area contributed by atoms with Crippen LogP contribution >= 0.6 is 0 Å². The highest BCUT2D eigenvalue weighted by atomic mass is 16.6. The van der Waals surface area contributed by atoms with Gasteiger partial charge in [-0.3, -0.25) is 0 Å². The summed E-state index contributed by atoms with van der Waals surface area (Å²) in [6, 6.07) is 0. The van der Waals surface area contributed by atoms with E-state index in [0.29, 0.717) is 13.0 Å². The summed E-state index contributed by atoms with van der Waals surface area (Å²) in [5.41, 5.74) is 0. The lowest BCUT2D eigenvalue weighted by atomic mass is 10.0. The topological polar surface area (TPSA) is 29.5 Å². The van der Waals surface area contributed by atoms with E-state index >= 15 is 0 Å². The van der Waals surface area contributed by atoms with Gasteiger partial charge < -0.3 is 9.84 Å². The summed E-state index contributed by atoms with van der Waals surface area (Å²) in [6.45, 7) is 0.646. The van der Waals surface area contributed by atoms with Gasteiger partial charge in [0, 0.05) is 12.3 Å². The summed E-state index contributed by atoms with van der Waals surface area (Å²) in [5.74, 6) is 2.68. The molecule has 0 spiro atoms. The van der Waals surface area contributed by atoms with Crippen LogP contribution < -0.4 is 0 Å². The van der Waals surface area contributed by atoms with Crippen molar-refractivity contribution in [1.29, 1.82) is 0 Å². The predicted molar refractivity (Wildman–Crippen MR) is 33.5 cm³/mol. The molecule has 0 aromatic carbocycles. The van der Waals surface area contributed by atoms with E-state index in [-0.39, 0.29) is 5.92 Å². The molecule has 0 bridgehead atoms. The zero-order chi connectivity index (χ0) is 6.69. The first-order valence-corrected chi connectivity index (χ1v) is 3.07. The van der Waals surface area contributed by atoms with Crippen molar-refractivity contribution < 1.29 is 9.84 Å². The van der Waals surface area contributed by atoms with Gasteiger partial charge in [-0.2, -0.15) is 0 Å². The molecule has 1 N–H and O–H groups in total. The van der Waals surface area contributed by atoms with Crippen molar-refractivity contribution >= 4 is 0 Å². The molecule has 0 radical (unpaired) electrons. The maximum atomic E-state index is 9.00. The van der Waals surface area contributed by atoms with Crippen LogP contribution in [0.1, 0.15) is 12.8 Å². The summed E-state index contributed by atoms with van der Waals surface area (Å²) in [5, 5.41) is 9.00. The van der Waals surface area contributed by atoms with Crippen LogP contribution in [0.5, 0.6) is 0 Å². The molecule has 1 fully saturated rings. The molecule has 1 aliphatic rings. The van der Waals surface area contributed by atoms with Gasteiger partial charge in [0.2, 0.25) is 0 Å². The second kappa shape index (κ2) is 2.86. The predicted octanol–water partition coefficient (Wildman–Crippen LogP) is 0.365. The number of aliphatic hydroxyl groups excluding tert-OH is 1. The summed E-state index contributed by atoms with van der Waals surface area (Å²) in [6.07, 6.45) is 5.96. The molecular formula is C7H10O2. The molecule has 0 aromatic heterocycles. The maximum absolute atomic E-state index is 9.00. The fourth-order valence-corrected chi connectivity index (χ4v) is 0.973. The van der Waals surface area contributed by atoms with Crippen LogP contribution in [0.4, 0.5) is 0 Å². The normalized spacial score (nSPS) is 34.2. The van der Waals surface area contributed by atoms with Crippen LogP contribution in [0.3, 0.4) is 0 Å². The van der Waals surface area contributed by atoms with Gasteiger partial charge in [0.25, 0.3) is 0 Å². The van der Waals surface area contributed by atoms with Crippen LogP contribution in [-0.2, 0) is 4.74 Å². The van der Waals surface area contributed by atoms with Crippen molar-refractivity contribution in [2.24, 2.45) is 5.92 Å². The summed E-state index contributed by atoms with van der Waals surface area (Å²) >= 11 is 0. The van der Waals surface area contributed by atoms with Gasteiger partial charge in [0.05, 0.1) is 6.61 Å². The Labute approximate surface area is 54.8 Å². The monoisotopic (exact) mass is 126 g/mol. The van der Waals surface area contributed by atoms with E-state index in [1.165, 1.54) is 0 Å². The van der Waals surface area contributed by atoms with Crippen molar-refractivity contribution in [1.82, 2.24) is 0 Å². The summed E-state index contributed by atoms with van der Waals surface area (Å²) in [7, 11) is 0. The Kier molecular flexibility index (Phi) is 2.10. The van der Waals surface area contributed by atoms with Gasteiger partial charge in [-0.15, -0.1) is 12.3 Å². The van der Waals surface area contributed by atoms with Gasteiger partial charge in [-0.05, 0) is 6.42 Å². The van der Waals surface area contributed by atoms with E-state index in [0.717, 1.165) is 6.42 Å². The minimum atomic E-state index is -0.610. The summed E-state index contributed by atoms with van der Waals surface area (Å²) in [4.78, 5) is 0. The van der Waals surface area contributed by atoms with Crippen molar-refractivity contribution in [2.45, 2.75) is 19.1 Å². The Bertz CT molecular complexity index is 125. The third-order valence-electron chi connectivity index (χ3n) is 1.56. The molecule has 0 saturated carbocycles. The molecular weight excluding hydrogens is 116 g/mol. The number of hydrogen-bond acceptors (Lipinski definition) is 2. The van der Waals surface area contributed by atoms with E-state index in [2.05, 4.69) is 5.92 Å². The highest BCUT2D eigenvalue weighted by molar-refractivity contribution is 4.88. The first kappa shape index (κ1) is 6.60. The van der Waals surface area contributed by atoms with Crippen LogP contribution in [0.15, 0.2) is 0 Å². The molecule has 0 aliphatic carbocycles. The lowest BCUT2D eigenvalue weighted by Gasteiger charge is -2.07. The first-order valence-electron chi connectivity index (χ1n) is 3.07. The highest BCUT2D eigenvalue weighted by Crippen LogP contribution is 2.20. The molecule has 2 atom stereocenters. The Morgan fingerprint density at radius 3 is 3.00 bits per heavy atom. The number of ether oxygens (including phenoxy) is 1. The zero-order valence-electron chi connectivity index (χ0n) is 5.21.